The fraction of sp³-hybridized carbons (Fsp3) is 0.500. The highest BCUT2D eigenvalue weighted by molar-refractivity contribution is 7.98. The van der Waals surface area contributed by atoms with Crippen molar-refractivity contribution in [3.8, 4) is 0 Å². The molecule has 3 nitrogen and oxygen atoms in total. The van der Waals surface area contributed by atoms with Crippen molar-refractivity contribution in [2.24, 2.45) is 5.41 Å². The fourth-order valence-electron chi connectivity index (χ4n) is 3.47. The van der Waals surface area contributed by atoms with E-state index in [1.54, 1.807) is 18.1 Å². The number of rotatable bonds is 2. The lowest BCUT2D eigenvalue weighted by Crippen LogP contribution is -2.37. The van der Waals surface area contributed by atoms with E-state index in [0.717, 1.165) is 21.6 Å². The molecule has 0 N–H and O–H groups in total. The molecule has 4 rings (SSSR count). The second-order valence-electron chi connectivity index (χ2n) is 6.23. The summed E-state index contributed by atoms with van der Waals surface area (Å²) in [7, 11) is 0. The molecule has 0 unspecified atom stereocenters. The molecule has 0 amide bonds. The monoisotopic (exact) mass is 321 g/mol. The Bertz CT molecular complexity index is 726. The van der Waals surface area contributed by atoms with Crippen molar-refractivity contribution in [3.63, 3.8) is 0 Å². The van der Waals surface area contributed by atoms with Gasteiger partial charge in [0.2, 0.25) is 0 Å². The molecule has 116 valence electrons. The van der Waals surface area contributed by atoms with Crippen molar-refractivity contribution in [2.45, 2.75) is 30.1 Å². The second-order valence-corrected chi connectivity index (χ2v) is 7.11. The predicted octanol–water partition coefficient (Wildman–Crippen LogP) is 3.98. The van der Waals surface area contributed by atoms with Gasteiger partial charge in [0, 0.05) is 35.2 Å². The smallest absolute Gasteiger partial charge is 0.254 e. The Labute approximate surface area is 132 Å². The molecule has 0 atom stereocenters. The molecule has 1 saturated heterocycles. The molecule has 1 aliphatic heterocycles. The summed E-state index contributed by atoms with van der Waals surface area (Å²) in [6.45, 7) is 1.29. The van der Waals surface area contributed by atoms with E-state index < -0.39 is 11.3 Å². The normalized spacial score (nSPS) is 22.2. The van der Waals surface area contributed by atoms with Crippen molar-refractivity contribution in [1.29, 1.82) is 0 Å². The highest BCUT2D eigenvalue weighted by Gasteiger charge is 2.70. The Balaban J connectivity index is 1.64. The number of piperidine rings is 1. The molecular formula is C16H17F2N3S. The van der Waals surface area contributed by atoms with Crippen LogP contribution < -0.4 is 4.90 Å². The van der Waals surface area contributed by atoms with Gasteiger partial charge in [0.05, 0.1) is 5.52 Å². The highest BCUT2D eigenvalue weighted by Crippen LogP contribution is 2.65. The molecule has 1 spiro atoms. The maximum atomic E-state index is 13.5. The summed E-state index contributed by atoms with van der Waals surface area (Å²) in [4.78, 5) is 12.0. The lowest BCUT2D eigenvalue weighted by Gasteiger charge is -2.33. The van der Waals surface area contributed by atoms with E-state index in [-0.39, 0.29) is 6.42 Å². The Morgan fingerprint density at radius 1 is 1.18 bits per heavy atom. The third kappa shape index (κ3) is 2.07. The van der Waals surface area contributed by atoms with Crippen LogP contribution in [0, 0.1) is 5.41 Å². The topological polar surface area (TPSA) is 29.0 Å². The number of alkyl halides is 2. The quantitative estimate of drug-likeness (QED) is 0.783. The van der Waals surface area contributed by atoms with E-state index in [4.69, 9.17) is 0 Å². The number of benzene rings is 1. The summed E-state index contributed by atoms with van der Waals surface area (Å²) in [5.74, 6) is -1.57. The van der Waals surface area contributed by atoms with Crippen LogP contribution in [0.3, 0.4) is 0 Å². The zero-order chi connectivity index (χ0) is 15.4. The van der Waals surface area contributed by atoms with Crippen LogP contribution in [0.5, 0.6) is 0 Å². The first-order valence-electron chi connectivity index (χ1n) is 7.46. The lowest BCUT2D eigenvalue weighted by atomic mass is 9.92. The largest absolute Gasteiger partial charge is 0.356 e. The van der Waals surface area contributed by atoms with E-state index in [1.807, 2.05) is 18.4 Å². The average molecular weight is 321 g/mol. The standard InChI is InChI=1S/C16H17F2N3S/c1-22-11-2-3-13-12(8-11)14(20-10-19-13)21-6-4-15(5-7-21)9-16(15,17)18/h2-3,8,10H,4-7,9H2,1H3. The third-order valence-electron chi connectivity index (χ3n) is 5.05. The molecule has 2 aromatic rings. The summed E-state index contributed by atoms with van der Waals surface area (Å²) in [5.41, 5.74) is 0.177. The molecule has 1 saturated carbocycles. The molecule has 22 heavy (non-hydrogen) atoms. The van der Waals surface area contributed by atoms with Gasteiger partial charge < -0.3 is 4.90 Å². The van der Waals surface area contributed by atoms with Crippen LogP contribution in [-0.4, -0.2) is 35.2 Å². The summed E-state index contributed by atoms with van der Waals surface area (Å²) >= 11 is 1.68. The van der Waals surface area contributed by atoms with Gasteiger partial charge in [0.25, 0.3) is 5.92 Å². The maximum absolute atomic E-state index is 13.5. The van der Waals surface area contributed by atoms with Gasteiger partial charge in [-0.2, -0.15) is 0 Å². The molecule has 6 heteroatoms. The second kappa shape index (κ2) is 4.78. The Kier molecular flexibility index (Phi) is 3.08. The van der Waals surface area contributed by atoms with Crippen molar-refractivity contribution >= 4 is 28.5 Å². The van der Waals surface area contributed by atoms with Gasteiger partial charge in [-0.15, -0.1) is 11.8 Å². The van der Waals surface area contributed by atoms with Gasteiger partial charge in [-0.25, -0.2) is 18.7 Å². The van der Waals surface area contributed by atoms with Gasteiger partial charge in [-0.3, -0.25) is 0 Å². The average Bonchev–Trinajstić information content (AvgIpc) is 3.07. The van der Waals surface area contributed by atoms with Gasteiger partial charge in [-0.1, -0.05) is 0 Å². The number of nitrogens with zero attached hydrogens (tertiary/aromatic N) is 3. The zero-order valence-electron chi connectivity index (χ0n) is 12.4. The molecule has 0 radical (unpaired) electrons. The van der Waals surface area contributed by atoms with Crippen molar-refractivity contribution in [2.75, 3.05) is 24.2 Å². The van der Waals surface area contributed by atoms with Crippen LogP contribution in [0.25, 0.3) is 10.9 Å². The van der Waals surface area contributed by atoms with E-state index >= 15 is 0 Å². The Hall–Kier alpha value is -1.43. The molecule has 1 aliphatic carbocycles. The summed E-state index contributed by atoms with van der Waals surface area (Å²) in [5, 5.41) is 1.01. The maximum Gasteiger partial charge on any atom is 0.254 e. The van der Waals surface area contributed by atoms with Gasteiger partial charge in [-0.05, 0) is 37.3 Å². The van der Waals surface area contributed by atoms with E-state index in [0.29, 0.717) is 25.9 Å². The van der Waals surface area contributed by atoms with Crippen LogP contribution in [0.1, 0.15) is 19.3 Å². The molecule has 2 aliphatic rings. The minimum atomic E-state index is -2.45. The highest BCUT2D eigenvalue weighted by atomic mass is 32.2. The summed E-state index contributed by atoms with van der Waals surface area (Å²) in [6.07, 6.45) is 4.76. The number of hydrogen-bond acceptors (Lipinski definition) is 4. The number of hydrogen-bond donors (Lipinski definition) is 0. The van der Waals surface area contributed by atoms with E-state index in [1.165, 1.54) is 0 Å². The van der Waals surface area contributed by atoms with Crippen molar-refractivity contribution in [3.05, 3.63) is 24.5 Å². The molecule has 1 aromatic carbocycles. The van der Waals surface area contributed by atoms with Crippen LogP contribution in [0.4, 0.5) is 14.6 Å². The fourth-order valence-corrected chi connectivity index (χ4v) is 3.91. The third-order valence-corrected chi connectivity index (χ3v) is 5.78. The van der Waals surface area contributed by atoms with Crippen molar-refractivity contribution < 1.29 is 8.78 Å². The number of aromatic nitrogens is 2. The number of thioether (sulfide) groups is 1. The van der Waals surface area contributed by atoms with Gasteiger partial charge in [0.15, 0.2) is 0 Å². The first-order valence-corrected chi connectivity index (χ1v) is 8.69. The van der Waals surface area contributed by atoms with E-state index in [2.05, 4.69) is 20.9 Å². The molecular weight excluding hydrogens is 304 g/mol. The van der Waals surface area contributed by atoms with Gasteiger partial charge >= 0.3 is 0 Å². The first kappa shape index (κ1) is 14.2. The number of fused-ring (bicyclic) bond motifs is 1. The Morgan fingerprint density at radius 3 is 2.55 bits per heavy atom. The SMILES string of the molecule is CSc1ccc2ncnc(N3CCC4(CC3)CC4(F)F)c2c1. The molecule has 1 aromatic heterocycles. The summed E-state index contributed by atoms with van der Waals surface area (Å²) in [6, 6.07) is 6.12. The predicted molar refractivity (Wildman–Crippen MR) is 84.8 cm³/mol. The minimum absolute atomic E-state index is 0.0645. The van der Waals surface area contributed by atoms with E-state index in [9.17, 15) is 8.78 Å². The van der Waals surface area contributed by atoms with Crippen molar-refractivity contribution in [1.82, 2.24) is 9.97 Å². The van der Waals surface area contributed by atoms with Gasteiger partial charge in [0.1, 0.15) is 12.1 Å². The summed E-state index contributed by atoms with van der Waals surface area (Å²) < 4.78 is 27.0. The van der Waals surface area contributed by atoms with Crippen LogP contribution in [0.15, 0.2) is 29.4 Å². The van der Waals surface area contributed by atoms with Crippen LogP contribution in [0.2, 0.25) is 0 Å². The van der Waals surface area contributed by atoms with Crippen LogP contribution in [-0.2, 0) is 0 Å². The first-order chi connectivity index (χ1) is 10.5. The lowest BCUT2D eigenvalue weighted by molar-refractivity contribution is 0.0537. The number of halogens is 2. The molecule has 2 fully saturated rings. The molecule has 0 bridgehead atoms. The zero-order valence-corrected chi connectivity index (χ0v) is 13.2. The number of anilines is 1. The van der Waals surface area contributed by atoms with Crippen LogP contribution >= 0.6 is 11.8 Å². The Morgan fingerprint density at radius 2 is 1.91 bits per heavy atom. The minimum Gasteiger partial charge on any atom is -0.356 e. The molecule has 2 heterocycles.